The number of carbonyl (C=O) groups is 2. The Morgan fingerprint density at radius 1 is 1.36 bits per heavy atom. The molecule has 1 heterocycles. The molecule has 2 amide bonds. The second kappa shape index (κ2) is 9.22. The molecule has 0 radical (unpaired) electrons. The van der Waals surface area contributed by atoms with Crippen LogP contribution >= 0.6 is 11.6 Å². The number of epoxide rings is 1. The minimum atomic E-state index is -0.818. The lowest BCUT2D eigenvalue weighted by molar-refractivity contribution is -0.143. The molecule has 8 heteroatoms. The van der Waals surface area contributed by atoms with Crippen molar-refractivity contribution in [3.63, 3.8) is 0 Å². The van der Waals surface area contributed by atoms with E-state index in [0.717, 1.165) is 12.0 Å². The van der Waals surface area contributed by atoms with Crippen molar-refractivity contribution in [1.82, 2.24) is 5.32 Å². The Balaban J connectivity index is 1.66. The van der Waals surface area contributed by atoms with Crippen LogP contribution < -0.4 is 5.32 Å². The molecular weight excluding hydrogens is 386 g/mol. The van der Waals surface area contributed by atoms with Gasteiger partial charge in [0.2, 0.25) is 5.91 Å². The number of alkyl halides is 1. The molecule has 2 aliphatic rings. The first-order valence-corrected chi connectivity index (χ1v) is 9.91. The van der Waals surface area contributed by atoms with Crippen LogP contribution in [-0.4, -0.2) is 55.5 Å². The molecule has 1 aliphatic heterocycles. The van der Waals surface area contributed by atoms with Gasteiger partial charge in [-0.3, -0.25) is 10.1 Å². The normalized spacial score (nSPS) is 29.9. The van der Waals surface area contributed by atoms with Gasteiger partial charge >= 0.3 is 6.09 Å². The standard InChI is InChI=1S/C20H26ClNO6/c1-13(26-11-14-6-4-3-5-7-14)17-18(25-2)15(8-9-20(17)12-27-20)28-19(24)22-16(23)10-21/h3-7,13,15,17-18H,8-12H2,1-2H3,(H,22,23,24)/t13-,15+,17-,18+,20-/m0/s1. The Morgan fingerprint density at radius 2 is 2.07 bits per heavy atom. The highest BCUT2D eigenvalue weighted by Crippen LogP contribution is 2.49. The topological polar surface area (TPSA) is 86.4 Å². The van der Waals surface area contributed by atoms with E-state index >= 15 is 0 Å². The van der Waals surface area contributed by atoms with Crippen molar-refractivity contribution >= 4 is 23.6 Å². The number of methoxy groups -OCH3 is 1. The first-order chi connectivity index (χ1) is 13.5. The Morgan fingerprint density at radius 3 is 2.68 bits per heavy atom. The molecule has 0 unspecified atom stereocenters. The van der Waals surface area contributed by atoms with Gasteiger partial charge in [-0.25, -0.2) is 4.79 Å². The van der Waals surface area contributed by atoms with Gasteiger partial charge in [-0.2, -0.15) is 0 Å². The number of benzene rings is 1. The van der Waals surface area contributed by atoms with E-state index < -0.39 is 24.2 Å². The first kappa shape index (κ1) is 21.0. The van der Waals surface area contributed by atoms with Gasteiger partial charge in [0.15, 0.2) is 0 Å². The molecule has 5 atom stereocenters. The van der Waals surface area contributed by atoms with Gasteiger partial charge in [-0.05, 0) is 25.3 Å². The molecule has 1 spiro atoms. The van der Waals surface area contributed by atoms with Gasteiger partial charge in [0, 0.05) is 13.0 Å². The predicted molar refractivity (Wildman–Crippen MR) is 102 cm³/mol. The fraction of sp³-hybridized carbons (Fsp3) is 0.600. The van der Waals surface area contributed by atoms with Crippen molar-refractivity contribution < 1.29 is 28.5 Å². The van der Waals surface area contributed by atoms with E-state index in [9.17, 15) is 9.59 Å². The number of ether oxygens (including phenoxy) is 4. The Hall–Kier alpha value is -1.67. The fourth-order valence-electron chi connectivity index (χ4n) is 4.02. The predicted octanol–water partition coefficient (Wildman–Crippen LogP) is 2.65. The van der Waals surface area contributed by atoms with Gasteiger partial charge in [0.25, 0.3) is 0 Å². The summed E-state index contributed by atoms with van der Waals surface area (Å²) in [6.07, 6.45) is -0.580. The SMILES string of the molecule is CO[C@H]1[C@H]([C@H](C)OCc2ccccc2)[C@]2(CC[C@H]1OC(=O)NC(=O)CCl)CO2. The smallest absolute Gasteiger partial charge is 0.414 e. The van der Waals surface area contributed by atoms with Crippen LogP contribution in [-0.2, 0) is 30.3 Å². The number of hydrogen-bond acceptors (Lipinski definition) is 6. The van der Waals surface area contributed by atoms with Gasteiger partial charge < -0.3 is 18.9 Å². The maximum Gasteiger partial charge on any atom is 0.414 e. The van der Waals surface area contributed by atoms with E-state index in [-0.39, 0.29) is 23.5 Å². The average molecular weight is 412 g/mol. The highest BCUT2D eigenvalue weighted by Gasteiger charge is 2.61. The molecular formula is C20H26ClNO6. The van der Waals surface area contributed by atoms with Crippen LogP contribution in [0.4, 0.5) is 4.79 Å². The Kier molecular flexibility index (Phi) is 6.93. The summed E-state index contributed by atoms with van der Waals surface area (Å²) in [6.45, 7) is 3.10. The molecule has 0 bridgehead atoms. The number of nitrogens with one attached hydrogen (secondary N) is 1. The third kappa shape index (κ3) is 4.84. The summed E-state index contributed by atoms with van der Waals surface area (Å²) in [7, 11) is 1.58. The van der Waals surface area contributed by atoms with Crippen molar-refractivity contribution in [3.05, 3.63) is 35.9 Å². The average Bonchev–Trinajstić information content (AvgIpc) is 3.47. The minimum absolute atomic E-state index is 0.100. The number of imide groups is 1. The number of hydrogen-bond donors (Lipinski definition) is 1. The maximum absolute atomic E-state index is 12.0. The largest absolute Gasteiger partial charge is 0.443 e. The van der Waals surface area contributed by atoms with Gasteiger partial charge in [-0.1, -0.05) is 30.3 Å². The lowest BCUT2D eigenvalue weighted by Crippen LogP contribution is -2.55. The Labute approximate surface area is 169 Å². The summed E-state index contributed by atoms with van der Waals surface area (Å²) >= 11 is 5.41. The molecule has 1 N–H and O–H groups in total. The summed E-state index contributed by atoms with van der Waals surface area (Å²) < 4.78 is 23.1. The van der Waals surface area contributed by atoms with Gasteiger partial charge in [0.1, 0.15) is 18.1 Å². The molecule has 2 fully saturated rings. The van der Waals surface area contributed by atoms with Gasteiger partial charge in [-0.15, -0.1) is 11.6 Å². The molecule has 0 aromatic heterocycles. The molecule has 1 aliphatic carbocycles. The van der Waals surface area contributed by atoms with Crippen molar-refractivity contribution in [1.29, 1.82) is 0 Å². The van der Waals surface area contributed by atoms with E-state index in [1.54, 1.807) is 7.11 Å². The lowest BCUT2D eigenvalue weighted by atomic mass is 9.73. The van der Waals surface area contributed by atoms with Crippen LogP contribution in [0.1, 0.15) is 25.3 Å². The molecule has 28 heavy (non-hydrogen) atoms. The summed E-state index contributed by atoms with van der Waals surface area (Å²) in [5.74, 6) is -1.01. The quantitative estimate of drug-likeness (QED) is 0.548. The highest BCUT2D eigenvalue weighted by molar-refractivity contribution is 6.28. The van der Waals surface area contributed by atoms with Crippen molar-refractivity contribution in [2.24, 2.45) is 5.92 Å². The number of rotatable bonds is 7. The lowest BCUT2D eigenvalue weighted by Gasteiger charge is -2.42. The zero-order valence-corrected chi connectivity index (χ0v) is 16.8. The zero-order chi connectivity index (χ0) is 20.1. The minimum Gasteiger partial charge on any atom is -0.443 e. The first-order valence-electron chi connectivity index (χ1n) is 9.38. The zero-order valence-electron chi connectivity index (χ0n) is 16.1. The van der Waals surface area contributed by atoms with E-state index in [4.69, 9.17) is 30.5 Å². The van der Waals surface area contributed by atoms with Crippen LogP contribution in [0.2, 0.25) is 0 Å². The van der Waals surface area contributed by atoms with E-state index in [0.29, 0.717) is 19.6 Å². The summed E-state index contributed by atoms with van der Waals surface area (Å²) in [4.78, 5) is 23.3. The fourth-order valence-corrected chi connectivity index (χ4v) is 4.08. The number of halogens is 1. The van der Waals surface area contributed by atoms with Crippen molar-refractivity contribution in [2.45, 2.75) is 50.3 Å². The molecule has 3 rings (SSSR count). The van der Waals surface area contributed by atoms with E-state index in [1.165, 1.54) is 0 Å². The monoisotopic (exact) mass is 411 g/mol. The Bertz CT molecular complexity index is 681. The second-order valence-electron chi connectivity index (χ2n) is 7.25. The maximum atomic E-state index is 12.0. The summed E-state index contributed by atoms with van der Waals surface area (Å²) in [5.41, 5.74) is 0.774. The summed E-state index contributed by atoms with van der Waals surface area (Å²) in [5, 5.41) is 2.10. The van der Waals surface area contributed by atoms with E-state index in [1.807, 2.05) is 37.3 Å². The number of amides is 2. The molecule has 7 nitrogen and oxygen atoms in total. The van der Waals surface area contributed by atoms with E-state index in [2.05, 4.69) is 5.32 Å². The second-order valence-corrected chi connectivity index (χ2v) is 7.51. The molecule has 1 aromatic rings. The van der Waals surface area contributed by atoms with Crippen LogP contribution in [0.5, 0.6) is 0 Å². The third-order valence-electron chi connectivity index (χ3n) is 5.45. The van der Waals surface area contributed by atoms with Crippen molar-refractivity contribution in [2.75, 3.05) is 19.6 Å². The number of carbonyl (C=O) groups excluding carboxylic acids is 2. The highest BCUT2D eigenvalue weighted by atomic mass is 35.5. The van der Waals surface area contributed by atoms with Crippen molar-refractivity contribution in [3.8, 4) is 0 Å². The van der Waals surface area contributed by atoms with Gasteiger partial charge in [0.05, 0.1) is 24.9 Å². The van der Waals surface area contributed by atoms with Crippen LogP contribution in [0.25, 0.3) is 0 Å². The summed E-state index contributed by atoms with van der Waals surface area (Å²) in [6, 6.07) is 9.92. The molecule has 1 aromatic carbocycles. The number of alkyl carbamates (subject to hydrolysis) is 1. The van der Waals surface area contributed by atoms with Crippen LogP contribution in [0.3, 0.4) is 0 Å². The third-order valence-corrected chi connectivity index (χ3v) is 5.69. The van der Waals surface area contributed by atoms with Crippen LogP contribution in [0, 0.1) is 5.92 Å². The molecule has 154 valence electrons. The molecule has 1 saturated carbocycles. The van der Waals surface area contributed by atoms with Crippen LogP contribution in [0.15, 0.2) is 30.3 Å². The molecule has 1 saturated heterocycles.